The minimum atomic E-state index is -1.09. The summed E-state index contributed by atoms with van der Waals surface area (Å²) >= 11 is 6.12. The Bertz CT molecular complexity index is 985. The number of amidine groups is 2. The van der Waals surface area contributed by atoms with E-state index in [0.29, 0.717) is 55.5 Å². The molecule has 33 heavy (non-hydrogen) atoms. The number of hydrogen-bond acceptors (Lipinski definition) is 8. The zero-order valence-electron chi connectivity index (χ0n) is 18.1. The van der Waals surface area contributed by atoms with Gasteiger partial charge in [0.2, 0.25) is 0 Å². The topological polar surface area (TPSA) is 142 Å². The minimum Gasteiger partial charge on any atom is -0.383 e. The number of nitrogens with zero attached hydrogens (tertiary/aromatic N) is 3. The summed E-state index contributed by atoms with van der Waals surface area (Å²) in [7, 11) is 0. The van der Waals surface area contributed by atoms with Crippen LogP contribution in [0.4, 0.5) is 4.39 Å². The number of halogens is 2. The average molecular weight is 479 g/mol. The Kier molecular flexibility index (Phi) is 6.84. The van der Waals surface area contributed by atoms with Crippen molar-refractivity contribution >= 4 is 29.2 Å². The number of carbonyl (C=O) groups excluding carboxylic acids is 1. The van der Waals surface area contributed by atoms with Gasteiger partial charge in [-0.3, -0.25) is 4.79 Å². The van der Waals surface area contributed by atoms with Crippen LogP contribution in [0.5, 0.6) is 0 Å². The lowest BCUT2D eigenvalue weighted by Crippen LogP contribution is -2.56. The van der Waals surface area contributed by atoms with Crippen molar-refractivity contribution < 1.29 is 13.9 Å². The summed E-state index contributed by atoms with van der Waals surface area (Å²) in [6.07, 6.45) is 4.64. The molecular formula is C21H28ClFN8O2. The van der Waals surface area contributed by atoms with E-state index in [1.54, 1.807) is 17.3 Å². The SMILES string of the molecule is C=C/C(F)=C(\N=C(/N)C1=CNC2=NC=C(Cl)CC12)N[C@]1(N)CCN(C(=O)C2CNCCO2)C1. The third kappa shape index (κ3) is 5.11. The fraction of sp³-hybridized carbons (Fsp3) is 0.476. The van der Waals surface area contributed by atoms with Crippen LogP contribution in [0.1, 0.15) is 12.8 Å². The van der Waals surface area contributed by atoms with E-state index in [-0.39, 0.29) is 30.0 Å². The zero-order chi connectivity index (χ0) is 23.6. The maximum absolute atomic E-state index is 14.7. The van der Waals surface area contributed by atoms with Crippen LogP contribution >= 0.6 is 11.6 Å². The third-order valence-corrected chi connectivity index (χ3v) is 6.19. The average Bonchev–Trinajstić information content (AvgIpc) is 3.41. The van der Waals surface area contributed by atoms with Gasteiger partial charge in [0.1, 0.15) is 23.4 Å². The van der Waals surface area contributed by atoms with Crippen molar-refractivity contribution in [1.82, 2.24) is 20.9 Å². The van der Waals surface area contributed by atoms with Crippen molar-refractivity contribution in [2.24, 2.45) is 27.4 Å². The van der Waals surface area contributed by atoms with E-state index < -0.39 is 17.6 Å². The minimum absolute atomic E-state index is 0.0970. The predicted molar refractivity (Wildman–Crippen MR) is 125 cm³/mol. The number of nitrogens with two attached hydrogens (primary N) is 2. The number of rotatable bonds is 6. The Morgan fingerprint density at radius 2 is 2.36 bits per heavy atom. The highest BCUT2D eigenvalue weighted by molar-refractivity contribution is 6.30. The van der Waals surface area contributed by atoms with Crippen molar-refractivity contribution in [3.63, 3.8) is 0 Å². The Labute approximate surface area is 196 Å². The van der Waals surface area contributed by atoms with Crippen LogP contribution in [0.15, 0.2) is 57.3 Å². The van der Waals surface area contributed by atoms with Gasteiger partial charge in [-0.25, -0.2) is 14.4 Å². The molecule has 2 saturated heterocycles. The summed E-state index contributed by atoms with van der Waals surface area (Å²) in [5.74, 6) is -0.400. The lowest BCUT2D eigenvalue weighted by molar-refractivity contribution is -0.144. The van der Waals surface area contributed by atoms with Gasteiger partial charge < -0.3 is 37.1 Å². The fourth-order valence-electron chi connectivity index (χ4n) is 4.18. The lowest BCUT2D eigenvalue weighted by Gasteiger charge is -2.30. The molecule has 12 heteroatoms. The van der Waals surface area contributed by atoms with E-state index in [1.165, 1.54) is 0 Å². The van der Waals surface area contributed by atoms with Crippen molar-refractivity contribution in [3.05, 3.63) is 47.3 Å². The molecule has 2 fully saturated rings. The van der Waals surface area contributed by atoms with Crippen LogP contribution in [0.25, 0.3) is 0 Å². The van der Waals surface area contributed by atoms with Gasteiger partial charge >= 0.3 is 0 Å². The molecule has 0 radical (unpaired) electrons. The number of fused-ring (bicyclic) bond motifs is 1. The summed E-state index contributed by atoms with van der Waals surface area (Å²) in [6.45, 7) is 5.69. The molecule has 178 valence electrons. The largest absolute Gasteiger partial charge is 0.383 e. The molecule has 3 atom stereocenters. The molecule has 4 rings (SSSR count). The monoisotopic (exact) mass is 478 g/mol. The van der Waals surface area contributed by atoms with Crippen LogP contribution < -0.4 is 27.4 Å². The number of nitrogens with one attached hydrogen (secondary N) is 3. The molecule has 0 aromatic heterocycles. The second-order valence-electron chi connectivity index (χ2n) is 8.34. The zero-order valence-corrected chi connectivity index (χ0v) is 18.9. The number of aliphatic imine (C=N–C) groups is 2. The highest BCUT2D eigenvalue weighted by atomic mass is 35.5. The summed E-state index contributed by atoms with van der Waals surface area (Å²) in [5, 5.41) is 9.71. The summed E-state index contributed by atoms with van der Waals surface area (Å²) < 4.78 is 20.2. The number of hydrogen-bond donors (Lipinski definition) is 5. The fourth-order valence-corrected chi connectivity index (χ4v) is 4.39. The van der Waals surface area contributed by atoms with Crippen LogP contribution in [0.3, 0.4) is 0 Å². The second kappa shape index (κ2) is 9.64. The highest BCUT2D eigenvalue weighted by Gasteiger charge is 2.40. The molecule has 2 unspecified atom stereocenters. The molecule has 4 aliphatic heterocycles. The van der Waals surface area contributed by atoms with Crippen LogP contribution in [-0.4, -0.2) is 67.0 Å². The first-order valence-electron chi connectivity index (χ1n) is 10.7. The van der Waals surface area contributed by atoms with Gasteiger partial charge in [-0.1, -0.05) is 18.2 Å². The normalized spacial score (nSPS) is 30.5. The summed E-state index contributed by atoms with van der Waals surface area (Å²) in [5.41, 5.74) is 12.3. The van der Waals surface area contributed by atoms with E-state index in [4.69, 9.17) is 27.8 Å². The Morgan fingerprint density at radius 3 is 3.09 bits per heavy atom. The summed E-state index contributed by atoms with van der Waals surface area (Å²) in [6, 6.07) is 0. The molecule has 0 bridgehead atoms. The van der Waals surface area contributed by atoms with Crippen molar-refractivity contribution in [2.45, 2.75) is 24.6 Å². The van der Waals surface area contributed by atoms with E-state index in [0.717, 1.165) is 6.08 Å². The number of amides is 1. The molecular weight excluding hydrogens is 451 g/mol. The predicted octanol–water partition coefficient (Wildman–Crippen LogP) is 0.119. The number of ether oxygens (including phenoxy) is 1. The van der Waals surface area contributed by atoms with Gasteiger partial charge in [0.05, 0.1) is 19.1 Å². The smallest absolute Gasteiger partial charge is 0.253 e. The molecule has 0 aromatic carbocycles. The first-order valence-corrected chi connectivity index (χ1v) is 11.1. The third-order valence-electron chi connectivity index (χ3n) is 5.94. The van der Waals surface area contributed by atoms with E-state index in [9.17, 15) is 9.18 Å². The van der Waals surface area contributed by atoms with E-state index >= 15 is 0 Å². The molecule has 4 heterocycles. The standard InChI is InChI=1S/C21H28ClFN8O2/c1-2-15(23)19(29-17(24)14-9-28-18-13(14)7-12(22)8-27-18)30-21(25)3-5-31(11-21)20(32)16-10-26-4-6-33-16/h2,8-9,13,16,26,30H,1,3-7,10-11,25H2,(H2,24,29)(H,27,28)/b19-15-/t13?,16?,21-/m1/s1. The number of likely N-dealkylation sites (tertiary alicyclic amines) is 1. The van der Waals surface area contributed by atoms with Crippen LogP contribution in [-0.2, 0) is 9.53 Å². The van der Waals surface area contributed by atoms with Gasteiger partial charge in [-0.2, -0.15) is 0 Å². The van der Waals surface area contributed by atoms with Gasteiger partial charge in [0.15, 0.2) is 11.6 Å². The van der Waals surface area contributed by atoms with E-state index in [2.05, 4.69) is 32.5 Å². The van der Waals surface area contributed by atoms with Gasteiger partial charge in [-0.15, -0.1) is 0 Å². The molecule has 0 aliphatic carbocycles. The van der Waals surface area contributed by atoms with Crippen molar-refractivity contribution in [1.29, 1.82) is 0 Å². The molecule has 0 spiro atoms. The number of allylic oxidation sites excluding steroid dienone is 3. The Balaban J connectivity index is 1.47. The molecule has 0 saturated carbocycles. The Morgan fingerprint density at radius 1 is 1.55 bits per heavy atom. The maximum atomic E-state index is 14.7. The van der Waals surface area contributed by atoms with Gasteiger partial charge in [0, 0.05) is 49.1 Å². The number of carbonyl (C=O) groups is 1. The van der Waals surface area contributed by atoms with Crippen molar-refractivity contribution in [3.8, 4) is 0 Å². The van der Waals surface area contributed by atoms with Crippen LogP contribution in [0, 0.1) is 5.92 Å². The van der Waals surface area contributed by atoms with Gasteiger partial charge in [0.25, 0.3) is 5.91 Å². The first kappa shape index (κ1) is 23.4. The first-order chi connectivity index (χ1) is 15.8. The molecule has 7 N–H and O–H groups in total. The van der Waals surface area contributed by atoms with Gasteiger partial charge in [-0.05, 0) is 12.5 Å². The Hall–Kier alpha value is -2.73. The molecule has 10 nitrogen and oxygen atoms in total. The number of morpholine rings is 1. The van der Waals surface area contributed by atoms with E-state index in [1.807, 2.05) is 0 Å². The molecule has 4 aliphatic rings. The molecule has 0 aromatic rings. The maximum Gasteiger partial charge on any atom is 0.253 e. The highest BCUT2D eigenvalue weighted by Crippen LogP contribution is 2.30. The van der Waals surface area contributed by atoms with Crippen molar-refractivity contribution in [2.75, 3.05) is 32.8 Å². The lowest BCUT2D eigenvalue weighted by atomic mass is 9.95. The summed E-state index contributed by atoms with van der Waals surface area (Å²) in [4.78, 5) is 22.9. The second-order valence-corrected chi connectivity index (χ2v) is 8.83. The van der Waals surface area contributed by atoms with Crippen LogP contribution in [0.2, 0.25) is 0 Å². The molecule has 1 amide bonds. The quantitative estimate of drug-likeness (QED) is 0.158.